The van der Waals surface area contributed by atoms with E-state index in [9.17, 15) is 9.59 Å². The molecule has 0 aliphatic rings. The molecule has 0 heterocycles. The Morgan fingerprint density at radius 1 is 0.618 bits per heavy atom. The second kappa shape index (κ2) is 26.5. The molecule has 0 fully saturated rings. The number of ether oxygens (including phenoxy) is 2. The first-order valence-electron chi connectivity index (χ1n) is 14.6. The molecule has 0 aliphatic heterocycles. The van der Waals surface area contributed by atoms with E-state index >= 15 is 0 Å². The molecule has 0 saturated carbocycles. The largest absolute Gasteiger partial charge is 0.469 e. The van der Waals surface area contributed by atoms with Crippen LogP contribution in [0.5, 0.6) is 0 Å². The van der Waals surface area contributed by atoms with Crippen molar-refractivity contribution in [3.05, 3.63) is 0 Å². The molecule has 0 aromatic heterocycles. The highest BCUT2D eigenvalue weighted by Gasteiger charge is 2.12. The van der Waals surface area contributed by atoms with Crippen LogP contribution in [0.2, 0.25) is 0 Å². The SMILES string of the molecule is CCCCCCCCC(CCCCCC)COC(=O)CCCCCNCCCCCC(=O)OC. The summed E-state index contributed by atoms with van der Waals surface area (Å²) >= 11 is 0. The van der Waals surface area contributed by atoms with Gasteiger partial charge in [-0.05, 0) is 57.5 Å². The minimum absolute atomic E-state index is 0.0138. The van der Waals surface area contributed by atoms with Gasteiger partial charge in [-0.25, -0.2) is 0 Å². The fraction of sp³-hybridized carbons (Fsp3) is 0.931. The summed E-state index contributed by atoms with van der Waals surface area (Å²) in [4.78, 5) is 23.3. The Labute approximate surface area is 211 Å². The number of methoxy groups -OCH3 is 1. The van der Waals surface area contributed by atoms with Crippen LogP contribution in [0.3, 0.4) is 0 Å². The molecule has 0 radical (unpaired) electrons. The van der Waals surface area contributed by atoms with Crippen molar-refractivity contribution in [1.82, 2.24) is 5.32 Å². The summed E-state index contributed by atoms with van der Waals surface area (Å²) in [6.07, 6.45) is 22.7. The number of nitrogens with one attached hydrogen (secondary N) is 1. The highest BCUT2D eigenvalue weighted by molar-refractivity contribution is 5.69. The minimum atomic E-state index is -0.119. The van der Waals surface area contributed by atoms with E-state index in [1.807, 2.05) is 0 Å². The number of esters is 2. The van der Waals surface area contributed by atoms with Crippen LogP contribution in [0.25, 0.3) is 0 Å². The van der Waals surface area contributed by atoms with Crippen LogP contribution in [0.1, 0.15) is 142 Å². The van der Waals surface area contributed by atoms with Crippen LogP contribution < -0.4 is 5.32 Å². The second-order valence-corrected chi connectivity index (χ2v) is 9.90. The maximum absolute atomic E-state index is 12.2. The van der Waals surface area contributed by atoms with Crippen LogP contribution in [-0.2, 0) is 19.1 Å². The Bertz CT molecular complexity index is 455. The third-order valence-electron chi connectivity index (χ3n) is 6.61. The summed E-state index contributed by atoms with van der Waals surface area (Å²) in [7, 11) is 1.44. The summed E-state index contributed by atoms with van der Waals surface area (Å²) < 4.78 is 10.3. The van der Waals surface area contributed by atoms with E-state index in [0.29, 0.717) is 25.4 Å². The third kappa shape index (κ3) is 24.0. The fourth-order valence-electron chi connectivity index (χ4n) is 4.29. The van der Waals surface area contributed by atoms with Crippen molar-refractivity contribution < 1.29 is 19.1 Å². The predicted octanol–water partition coefficient (Wildman–Crippen LogP) is 7.75. The van der Waals surface area contributed by atoms with Gasteiger partial charge in [0.2, 0.25) is 0 Å². The molecule has 5 heteroatoms. The van der Waals surface area contributed by atoms with Gasteiger partial charge in [0, 0.05) is 12.8 Å². The average molecular weight is 484 g/mol. The van der Waals surface area contributed by atoms with Gasteiger partial charge in [0.1, 0.15) is 0 Å². The summed E-state index contributed by atoms with van der Waals surface area (Å²) in [5.41, 5.74) is 0. The maximum atomic E-state index is 12.2. The quantitative estimate of drug-likeness (QED) is 0.101. The monoisotopic (exact) mass is 483 g/mol. The van der Waals surface area contributed by atoms with Crippen molar-refractivity contribution in [3.63, 3.8) is 0 Å². The molecular formula is C29H57NO4. The fourth-order valence-corrected chi connectivity index (χ4v) is 4.29. The van der Waals surface area contributed by atoms with Crippen LogP contribution in [0, 0.1) is 5.92 Å². The molecular weight excluding hydrogens is 426 g/mol. The zero-order valence-electron chi connectivity index (χ0n) is 23.0. The lowest BCUT2D eigenvalue weighted by Crippen LogP contribution is -2.17. The summed E-state index contributed by atoms with van der Waals surface area (Å²) in [5.74, 6) is 0.413. The molecule has 0 bridgehead atoms. The number of hydrogen-bond acceptors (Lipinski definition) is 5. The Hall–Kier alpha value is -1.10. The van der Waals surface area contributed by atoms with E-state index in [4.69, 9.17) is 4.74 Å². The topological polar surface area (TPSA) is 64.6 Å². The van der Waals surface area contributed by atoms with E-state index in [2.05, 4.69) is 23.9 Å². The van der Waals surface area contributed by atoms with E-state index < -0.39 is 0 Å². The first kappa shape index (κ1) is 32.9. The van der Waals surface area contributed by atoms with E-state index in [1.54, 1.807) is 0 Å². The second-order valence-electron chi connectivity index (χ2n) is 9.90. The van der Waals surface area contributed by atoms with Gasteiger partial charge < -0.3 is 14.8 Å². The van der Waals surface area contributed by atoms with Crippen molar-refractivity contribution in [2.75, 3.05) is 26.8 Å². The number of hydrogen-bond donors (Lipinski definition) is 1. The lowest BCUT2D eigenvalue weighted by molar-refractivity contribution is -0.145. The van der Waals surface area contributed by atoms with Gasteiger partial charge in [0.05, 0.1) is 13.7 Å². The van der Waals surface area contributed by atoms with Gasteiger partial charge >= 0.3 is 11.9 Å². The third-order valence-corrected chi connectivity index (χ3v) is 6.61. The average Bonchev–Trinajstić information content (AvgIpc) is 2.84. The van der Waals surface area contributed by atoms with Crippen molar-refractivity contribution in [2.45, 2.75) is 142 Å². The van der Waals surface area contributed by atoms with E-state index in [1.165, 1.54) is 84.2 Å². The van der Waals surface area contributed by atoms with Crippen LogP contribution in [-0.4, -0.2) is 38.7 Å². The molecule has 1 atom stereocenters. The van der Waals surface area contributed by atoms with Gasteiger partial charge in [-0.1, -0.05) is 90.9 Å². The number of carbonyl (C=O) groups is 2. The molecule has 202 valence electrons. The molecule has 0 aromatic carbocycles. The molecule has 1 unspecified atom stereocenters. The highest BCUT2D eigenvalue weighted by Crippen LogP contribution is 2.20. The van der Waals surface area contributed by atoms with E-state index in [-0.39, 0.29) is 11.9 Å². The van der Waals surface area contributed by atoms with Gasteiger partial charge in [-0.3, -0.25) is 9.59 Å². The molecule has 5 nitrogen and oxygen atoms in total. The first-order valence-corrected chi connectivity index (χ1v) is 14.6. The number of carbonyl (C=O) groups excluding carboxylic acids is 2. The van der Waals surface area contributed by atoms with Crippen molar-refractivity contribution >= 4 is 11.9 Å². The van der Waals surface area contributed by atoms with Gasteiger partial charge in [-0.15, -0.1) is 0 Å². The maximum Gasteiger partial charge on any atom is 0.305 e. The van der Waals surface area contributed by atoms with Gasteiger partial charge in [-0.2, -0.15) is 0 Å². The van der Waals surface area contributed by atoms with Gasteiger partial charge in [0.25, 0.3) is 0 Å². The molecule has 0 spiro atoms. The number of unbranched alkanes of at least 4 members (excludes halogenated alkanes) is 12. The Balaban J connectivity index is 3.75. The molecule has 0 aromatic rings. The number of rotatable bonds is 26. The van der Waals surface area contributed by atoms with Crippen LogP contribution >= 0.6 is 0 Å². The summed E-state index contributed by atoms with van der Waals surface area (Å²) in [6, 6.07) is 0. The summed E-state index contributed by atoms with van der Waals surface area (Å²) in [5, 5.41) is 3.45. The first-order chi connectivity index (χ1) is 16.6. The van der Waals surface area contributed by atoms with Gasteiger partial charge in [0.15, 0.2) is 0 Å². The Kier molecular flexibility index (Phi) is 25.6. The predicted molar refractivity (Wildman–Crippen MR) is 143 cm³/mol. The van der Waals surface area contributed by atoms with Crippen molar-refractivity contribution in [1.29, 1.82) is 0 Å². The summed E-state index contributed by atoms with van der Waals surface area (Å²) in [6.45, 7) is 7.11. The lowest BCUT2D eigenvalue weighted by atomic mass is 9.95. The zero-order chi connectivity index (χ0) is 25.1. The molecule has 0 saturated heterocycles. The van der Waals surface area contributed by atoms with E-state index in [0.717, 1.165) is 51.6 Å². The Morgan fingerprint density at radius 3 is 1.65 bits per heavy atom. The lowest BCUT2D eigenvalue weighted by Gasteiger charge is -2.17. The zero-order valence-corrected chi connectivity index (χ0v) is 23.0. The van der Waals surface area contributed by atoms with Crippen molar-refractivity contribution in [2.24, 2.45) is 5.92 Å². The van der Waals surface area contributed by atoms with Crippen LogP contribution in [0.15, 0.2) is 0 Å². The molecule has 0 rings (SSSR count). The van der Waals surface area contributed by atoms with Crippen LogP contribution in [0.4, 0.5) is 0 Å². The molecule has 34 heavy (non-hydrogen) atoms. The standard InChI is InChI=1S/C29H57NO4/c1-4-6-8-10-11-15-21-27(20-14-9-7-5-2)26-34-29(32)23-17-13-19-25-30-24-18-12-16-22-28(31)33-3/h27,30H,4-26H2,1-3H3. The normalized spacial score (nSPS) is 12.0. The molecule has 0 aliphatic carbocycles. The molecule has 0 amide bonds. The Morgan fingerprint density at radius 2 is 1.09 bits per heavy atom. The minimum Gasteiger partial charge on any atom is -0.469 e. The van der Waals surface area contributed by atoms with Crippen molar-refractivity contribution in [3.8, 4) is 0 Å². The molecule has 1 N–H and O–H groups in total. The highest BCUT2D eigenvalue weighted by atomic mass is 16.5. The smallest absolute Gasteiger partial charge is 0.305 e.